The molecule has 0 fully saturated rings. The number of nitrogen functional groups attached to an aromatic ring is 1. The zero-order valence-electron chi connectivity index (χ0n) is 18.8. The minimum atomic E-state index is -0.278. The highest BCUT2D eigenvalue weighted by molar-refractivity contribution is 7.21. The van der Waals surface area contributed by atoms with Crippen LogP contribution in [0.25, 0.3) is 10.2 Å². The molecule has 1 amide bonds. The Labute approximate surface area is 200 Å². The molecular formula is C26H24N4OS2. The number of aromatic nitrogens is 1. The lowest BCUT2D eigenvalue weighted by Gasteiger charge is -2.22. The van der Waals surface area contributed by atoms with Crippen molar-refractivity contribution in [1.82, 2.24) is 4.98 Å². The number of carbonyl (C=O) groups excluding carboxylic acids is 1. The summed E-state index contributed by atoms with van der Waals surface area (Å²) < 4.78 is 0. The fraction of sp³-hybridized carbons (Fsp3) is 0.269. The van der Waals surface area contributed by atoms with Gasteiger partial charge in [-0.2, -0.15) is 5.26 Å². The summed E-state index contributed by atoms with van der Waals surface area (Å²) in [6.07, 6.45) is 2.74. The summed E-state index contributed by atoms with van der Waals surface area (Å²) >= 11 is 2.83. The molecule has 3 aromatic heterocycles. The molecular weight excluding hydrogens is 448 g/mol. The number of aryl methyl sites for hydroxylation is 2. The number of amides is 1. The maximum Gasteiger partial charge on any atom is 0.268 e. The van der Waals surface area contributed by atoms with Crippen LogP contribution in [-0.2, 0) is 12.8 Å². The van der Waals surface area contributed by atoms with Gasteiger partial charge in [0.15, 0.2) is 0 Å². The number of hydrogen-bond donors (Lipinski definition) is 2. The molecule has 0 saturated carbocycles. The van der Waals surface area contributed by atoms with Gasteiger partial charge in [0.05, 0.1) is 11.3 Å². The number of hydrogen-bond acceptors (Lipinski definition) is 6. The smallest absolute Gasteiger partial charge is 0.268 e. The van der Waals surface area contributed by atoms with E-state index in [1.807, 2.05) is 26.8 Å². The van der Waals surface area contributed by atoms with Crippen LogP contribution in [0, 0.1) is 32.1 Å². The van der Waals surface area contributed by atoms with Gasteiger partial charge in [0.1, 0.15) is 20.8 Å². The fourth-order valence-electron chi connectivity index (χ4n) is 4.70. The van der Waals surface area contributed by atoms with E-state index in [-0.39, 0.29) is 5.91 Å². The zero-order chi connectivity index (χ0) is 23.3. The van der Waals surface area contributed by atoms with Gasteiger partial charge < -0.3 is 11.1 Å². The van der Waals surface area contributed by atoms with Crippen LogP contribution in [0.1, 0.15) is 60.4 Å². The lowest BCUT2D eigenvalue weighted by molar-refractivity contribution is 0.103. The van der Waals surface area contributed by atoms with E-state index < -0.39 is 0 Å². The van der Waals surface area contributed by atoms with Gasteiger partial charge >= 0.3 is 0 Å². The second-order valence-electron chi connectivity index (χ2n) is 8.60. The van der Waals surface area contributed by atoms with Gasteiger partial charge in [-0.25, -0.2) is 4.98 Å². The van der Waals surface area contributed by atoms with E-state index in [4.69, 9.17) is 5.73 Å². The van der Waals surface area contributed by atoms with Crippen molar-refractivity contribution in [3.63, 3.8) is 0 Å². The first kappa shape index (κ1) is 21.6. The van der Waals surface area contributed by atoms with Crippen LogP contribution in [0.5, 0.6) is 0 Å². The largest absolute Gasteiger partial charge is 0.397 e. The number of rotatable bonds is 3. The zero-order valence-corrected chi connectivity index (χ0v) is 20.4. The van der Waals surface area contributed by atoms with Crippen molar-refractivity contribution in [3.05, 3.63) is 73.6 Å². The highest BCUT2D eigenvalue weighted by Crippen LogP contribution is 2.43. The number of anilines is 2. The number of nitrogens with one attached hydrogen (secondary N) is 1. The van der Waals surface area contributed by atoms with E-state index >= 15 is 0 Å². The number of nitriles is 1. The lowest BCUT2D eigenvalue weighted by Crippen LogP contribution is -2.12. The van der Waals surface area contributed by atoms with Crippen molar-refractivity contribution >= 4 is 49.5 Å². The summed E-state index contributed by atoms with van der Waals surface area (Å²) in [6.45, 7) is 6.00. The van der Waals surface area contributed by atoms with E-state index in [1.54, 1.807) is 0 Å². The Bertz CT molecular complexity index is 1440. The Morgan fingerprint density at radius 2 is 1.94 bits per heavy atom. The van der Waals surface area contributed by atoms with Crippen LogP contribution in [0.2, 0.25) is 0 Å². The first-order chi connectivity index (χ1) is 15.9. The molecule has 0 radical (unpaired) electrons. The van der Waals surface area contributed by atoms with Crippen LogP contribution in [0.3, 0.4) is 0 Å². The summed E-state index contributed by atoms with van der Waals surface area (Å²) in [5.74, 6) is 0.158. The molecule has 0 spiro atoms. The van der Waals surface area contributed by atoms with Crippen LogP contribution in [0.4, 0.5) is 10.7 Å². The van der Waals surface area contributed by atoms with Crippen molar-refractivity contribution in [2.45, 2.75) is 46.0 Å². The van der Waals surface area contributed by atoms with Gasteiger partial charge in [0.25, 0.3) is 5.91 Å². The van der Waals surface area contributed by atoms with Crippen LogP contribution < -0.4 is 11.1 Å². The maximum absolute atomic E-state index is 13.2. The standard InChI is InChI=1S/C26H24N4OS2/c1-13-14(2)21-22(28)23(33-26(21)29-15(13)3)24(31)30-25-19(12-27)18-10-9-17(11-20(18)32-25)16-7-5-4-6-8-16/h4-8,17H,9-11,28H2,1-3H3,(H,30,31). The monoisotopic (exact) mass is 472 g/mol. The predicted molar refractivity (Wildman–Crippen MR) is 136 cm³/mol. The first-order valence-electron chi connectivity index (χ1n) is 11.0. The quantitative estimate of drug-likeness (QED) is 0.368. The fourth-order valence-corrected chi connectivity index (χ4v) is 7.07. The molecule has 0 bridgehead atoms. The van der Waals surface area contributed by atoms with Gasteiger partial charge in [-0.05, 0) is 68.2 Å². The van der Waals surface area contributed by atoms with Crippen LogP contribution in [0.15, 0.2) is 30.3 Å². The van der Waals surface area contributed by atoms with Crippen molar-refractivity contribution < 1.29 is 4.79 Å². The average molecular weight is 473 g/mol. The van der Waals surface area contributed by atoms with E-state index in [9.17, 15) is 10.1 Å². The molecule has 5 nitrogen and oxygen atoms in total. The number of nitrogens with two attached hydrogens (primary N) is 1. The third-order valence-corrected chi connectivity index (χ3v) is 9.03. The number of benzene rings is 1. The number of carbonyl (C=O) groups is 1. The maximum atomic E-state index is 13.2. The van der Waals surface area contributed by atoms with Gasteiger partial charge in [-0.15, -0.1) is 22.7 Å². The second kappa shape index (κ2) is 8.29. The molecule has 0 saturated heterocycles. The molecule has 1 aromatic carbocycles. The van der Waals surface area contributed by atoms with Crippen molar-refractivity contribution in [1.29, 1.82) is 5.26 Å². The number of thiophene rings is 2. The molecule has 1 aliphatic carbocycles. The molecule has 33 heavy (non-hydrogen) atoms. The Morgan fingerprint density at radius 1 is 1.18 bits per heavy atom. The topological polar surface area (TPSA) is 91.8 Å². The Balaban J connectivity index is 1.47. The SMILES string of the molecule is Cc1nc2sc(C(=O)Nc3sc4c(c3C#N)CCC(c3ccccc3)C4)c(N)c2c(C)c1C. The van der Waals surface area contributed by atoms with E-state index in [2.05, 4.69) is 40.6 Å². The van der Waals surface area contributed by atoms with Crippen LogP contribution in [-0.4, -0.2) is 10.9 Å². The molecule has 3 heterocycles. The van der Waals surface area contributed by atoms with E-state index in [0.29, 0.717) is 27.0 Å². The number of fused-ring (bicyclic) bond motifs is 2. The van der Waals surface area contributed by atoms with E-state index in [0.717, 1.165) is 51.9 Å². The minimum absolute atomic E-state index is 0.278. The molecule has 7 heteroatoms. The molecule has 1 atom stereocenters. The first-order valence-corrected chi connectivity index (χ1v) is 12.6. The highest BCUT2D eigenvalue weighted by Gasteiger charge is 2.28. The van der Waals surface area contributed by atoms with Crippen molar-refractivity contribution in [3.8, 4) is 6.07 Å². The number of nitrogens with zero attached hydrogens (tertiary/aromatic N) is 2. The Hall–Kier alpha value is -3.21. The summed E-state index contributed by atoms with van der Waals surface area (Å²) in [5, 5.41) is 14.3. The second-order valence-corrected chi connectivity index (χ2v) is 10.7. The normalized spacial score (nSPS) is 15.3. The number of pyridine rings is 1. The molecule has 166 valence electrons. The van der Waals surface area contributed by atoms with Crippen molar-refractivity contribution in [2.24, 2.45) is 0 Å². The molecule has 0 aliphatic heterocycles. The molecule has 3 N–H and O–H groups in total. The molecule has 1 unspecified atom stereocenters. The summed E-state index contributed by atoms with van der Waals surface area (Å²) in [5.41, 5.74) is 13.0. The van der Waals surface area contributed by atoms with Crippen LogP contribution >= 0.6 is 22.7 Å². The average Bonchev–Trinajstić information content (AvgIpc) is 3.34. The summed E-state index contributed by atoms with van der Waals surface area (Å²) in [7, 11) is 0. The lowest BCUT2D eigenvalue weighted by atomic mass is 9.83. The highest BCUT2D eigenvalue weighted by atomic mass is 32.1. The van der Waals surface area contributed by atoms with Gasteiger partial charge in [0.2, 0.25) is 0 Å². The third kappa shape index (κ3) is 3.60. The molecule has 4 aromatic rings. The summed E-state index contributed by atoms with van der Waals surface area (Å²) in [6, 6.07) is 12.8. The van der Waals surface area contributed by atoms with Gasteiger partial charge in [-0.1, -0.05) is 30.3 Å². The molecule has 1 aliphatic rings. The minimum Gasteiger partial charge on any atom is -0.397 e. The summed E-state index contributed by atoms with van der Waals surface area (Å²) in [4.78, 5) is 20.3. The third-order valence-electron chi connectivity index (χ3n) is 6.76. The van der Waals surface area contributed by atoms with Gasteiger partial charge in [-0.3, -0.25) is 4.79 Å². The molecule has 5 rings (SSSR count). The van der Waals surface area contributed by atoms with Crippen molar-refractivity contribution in [2.75, 3.05) is 11.1 Å². The van der Waals surface area contributed by atoms with Gasteiger partial charge in [0, 0.05) is 16.0 Å². The Kier molecular flexibility index (Phi) is 5.43. The predicted octanol–water partition coefficient (Wildman–Crippen LogP) is 6.26. The van der Waals surface area contributed by atoms with E-state index in [1.165, 1.54) is 33.1 Å². The Morgan fingerprint density at radius 3 is 2.67 bits per heavy atom.